The Morgan fingerprint density at radius 1 is 1.20 bits per heavy atom. The zero-order valence-electron chi connectivity index (χ0n) is 15.9. The molecule has 0 aliphatic rings. The van der Waals surface area contributed by atoms with Gasteiger partial charge in [-0.3, -0.25) is 9.59 Å². The highest BCUT2D eigenvalue weighted by Gasteiger charge is 2.18. The number of fused-ring (bicyclic) bond motifs is 1. The Morgan fingerprint density at radius 3 is 2.60 bits per heavy atom. The first kappa shape index (κ1) is 21.8. The Bertz CT molecular complexity index is 1330. The lowest BCUT2D eigenvalue weighted by molar-refractivity contribution is -0.141. The average Bonchev–Trinajstić information content (AvgIpc) is 3.04. The summed E-state index contributed by atoms with van der Waals surface area (Å²) in [5.41, 5.74) is -0.0982. The van der Waals surface area contributed by atoms with Crippen LogP contribution in [-0.2, 0) is 25.9 Å². The van der Waals surface area contributed by atoms with Crippen molar-refractivity contribution in [2.45, 2.75) is 18.4 Å². The number of aromatic nitrogens is 1. The fraction of sp³-hybridized carbons (Fsp3) is 0.211. The number of ether oxygens (including phenoxy) is 1. The van der Waals surface area contributed by atoms with E-state index in [1.165, 1.54) is 31.2 Å². The van der Waals surface area contributed by atoms with Crippen molar-refractivity contribution >= 4 is 43.3 Å². The molecule has 1 heterocycles. The van der Waals surface area contributed by atoms with Crippen molar-refractivity contribution in [3.05, 3.63) is 58.4 Å². The third-order valence-corrected chi connectivity index (χ3v) is 6.99. The number of hydrogen-bond donors (Lipinski definition) is 0. The number of thiazole rings is 1. The Labute approximate surface area is 174 Å². The van der Waals surface area contributed by atoms with Crippen molar-refractivity contribution in [1.29, 1.82) is 0 Å². The van der Waals surface area contributed by atoms with Crippen LogP contribution in [0.4, 0.5) is 8.78 Å². The molecule has 3 aromatic rings. The molecule has 1 aromatic heterocycles. The molecule has 1 amide bonds. The molecule has 0 aliphatic carbocycles. The summed E-state index contributed by atoms with van der Waals surface area (Å²) >= 11 is 0.811. The fourth-order valence-corrected chi connectivity index (χ4v) is 4.69. The molecule has 0 saturated heterocycles. The van der Waals surface area contributed by atoms with E-state index in [0.29, 0.717) is 6.07 Å². The molecule has 0 spiro atoms. The number of carbonyl (C=O) groups excluding carboxylic acids is 2. The van der Waals surface area contributed by atoms with Gasteiger partial charge in [0, 0.05) is 11.6 Å². The highest BCUT2D eigenvalue weighted by Crippen LogP contribution is 2.22. The summed E-state index contributed by atoms with van der Waals surface area (Å²) in [5.74, 6) is -3.39. The minimum atomic E-state index is -3.53. The maximum absolute atomic E-state index is 14.4. The zero-order valence-corrected chi connectivity index (χ0v) is 17.5. The quantitative estimate of drug-likeness (QED) is 0.553. The maximum atomic E-state index is 14.4. The van der Waals surface area contributed by atoms with Gasteiger partial charge in [-0.1, -0.05) is 24.3 Å². The van der Waals surface area contributed by atoms with Gasteiger partial charge in [-0.2, -0.15) is 4.99 Å². The second kappa shape index (κ2) is 8.44. The minimum absolute atomic E-state index is 0.00162. The number of nitrogens with zero attached hydrogens (tertiary/aromatic N) is 2. The second-order valence-electron chi connectivity index (χ2n) is 6.13. The van der Waals surface area contributed by atoms with Crippen LogP contribution in [0.1, 0.15) is 17.3 Å². The molecule has 0 unspecified atom stereocenters. The van der Waals surface area contributed by atoms with E-state index in [9.17, 15) is 26.8 Å². The first-order chi connectivity index (χ1) is 14.2. The Morgan fingerprint density at radius 2 is 1.93 bits per heavy atom. The van der Waals surface area contributed by atoms with Gasteiger partial charge >= 0.3 is 5.97 Å². The highest BCUT2D eigenvalue weighted by molar-refractivity contribution is 7.91. The standard InChI is InChI=1S/C19H16F2N2O5S2/c1-3-30(26,27)13-6-4-5-11(7-13)18(25)22-19-23(10-16(24)28-2)17-14(21)8-12(20)9-15(17)29-19/h4-9H,3,10H2,1-2H3. The minimum Gasteiger partial charge on any atom is -0.468 e. The third kappa shape index (κ3) is 4.31. The molecule has 0 bridgehead atoms. The van der Waals surface area contributed by atoms with E-state index in [2.05, 4.69) is 9.73 Å². The van der Waals surface area contributed by atoms with Crippen LogP contribution in [0.15, 0.2) is 46.3 Å². The van der Waals surface area contributed by atoms with Gasteiger partial charge in [0.1, 0.15) is 12.4 Å². The molecule has 0 saturated carbocycles. The molecule has 11 heteroatoms. The van der Waals surface area contributed by atoms with Gasteiger partial charge in [-0.25, -0.2) is 17.2 Å². The Kier molecular flexibility index (Phi) is 6.13. The first-order valence-corrected chi connectivity index (χ1v) is 11.1. The molecule has 3 rings (SSSR count). The molecule has 30 heavy (non-hydrogen) atoms. The van der Waals surface area contributed by atoms with E-state index in [4.69, 9.17) is 0 Å². The lowest BCUT2D eigenvalue weighted by Gasteiger charge is -2.05. The van der Waals surface area contributed by atoms with Crippen molar-refractivity contribution in [2.75, 3.05) is 12.9 Å². The Hall–Kier alpha value is -2.92. The van der Waals surface area contributed by atoms with Crippen molar-refractivity contribution in [2.24, 2.45) is 4.99 Å². The molecule has 2 aromatic carbocycles. The number of benzene rings is 2. The number of carbonyl (C=O) groups is 2. The maximum Gasteiger partial charge on any atom is 0.325 e. The summed E-state index contributed by atoms with van der Waals surface area (Å²) in [4.78, 5) is 28.3. The lowest BCUT2D eigenvalue weighted by Crippen LogP contribution is -2.23. The normalized spacial score (nSPS) is 12.3. The van der Waals surface area contributed by atoms with Crippen LogP contribution >= 0.6 is 11.3 Å². The summed E-state index contributed by atoms with van der Waals surface area (Å²) < 4.78 is 57.9. The van der Waals surface area contributed by atoms with Crippen LogP contribution in [0.5, 0.6) is 0 Å². The number of hydrogen-bond acceptors (Lipinski definition) is 6. The average molecular weight is 454 g/mol. The topological polar surface area (TPSA) is 94.8 Å². The monoisotopic (exact) mass is 454 g/mol. The van der Waals surface area contributed by atoms with Crippen molar-refractivity contribution in [1.82, 2.24) is 4.57 Å². The first-order valence-electron chi connectivity index (χ1n) is 8.63. The number of methoxy groups -OCH3 is 1. The second-order valence-corrected chi connectivity index (χ2v) is 9.42. The number of sulfone groups is 1. The molecule has 0 fully saturated rings. The van der Waals surface area contributed by atoms with E-state index >= 15 is 0 Å². The highest BCUT2D eigenvalue weighted by atomic mass is 32.2. The van der Waals surface area contributed by atoms with Gasteiger partial charge in [0.2, 0.25) is 0 Å². The fourth-order valence-electron chi connectivity index (χ4n) is 2.70. The SMILES string of the molecule is CCS(=O)(=O)c1cccc(C(=O)N=c2sc3cc(F)cc(F)c3n2CC(=O)OC)c1. The van der Waals surface area contributed by atoms with Crippen molar-refractivity contribution < 1.29 is 31.5 Å². The van der Waals surface area contributed by atoms with Crippen LogP contribution < -0.4 is 4.80 Å². The summed E-state index contributed by atoms with van der Waals surface area (Å²) in [6.45, 7) is 1.03. The molecular weight excluding hydrogens is 438 g/mol. The molecule has 7 nitrogen and oxygen atoms in total. The Balaban J connectivity index is 2.17. The van der Waals surface area contributed by atoms with E-state index in [0.717, 1.165) is 29.1 Å². The summed E-state index contributed by atoms with van der Waals surface area (Å²) in [6.07, 6.45) is 0. The molecule has 0 radical (unpaired) electrons. The predicted octanol–water partition coefficient (Wildman–Crippen LogP) is 2.69. The third-order valence-electron chi connectivity index (χ3n) is 4.23. The van der Waals surface area contributed by atoms with Gasteiger partial charge in [0.15, 0.2) is 20.5 Å². The summed E-state index contributed by atoms with van der Waals surface area (Å²) in [5, 5.41) is 0. The van der Waals surface area contributed by atoms with Crippen LogP contribution in [0.2, 0.25) is 0 Å². The van der Waals surface area contributed by atoms with E-state index < -0.39 is 39.9 Å². The van der Waals surface area contributed by atoms with E-state index in [1.54, 1.807) is 0 Å². The van der Waals surface area contributed by atoms with Crippen LogP contribution in [0, 0.1) is 11.6 Å². The van der Waals surface area contributed by atoms with Crippen LogP contribution in [0.25, 0.3) is 10.2 Å². The molecule has 0 aliphatic heterocycles. The molecule has 0 N–H and O–H groups in total. The smallest absolute Gasteiger partial charge is 0.325 e. The van der Waals surface area contributed by atoms with Gasteiger partial charge in [0.05, 0.1) is 28.0 Å². The largest absolute Gasteiger partial charge is 0.468 e. The van der Waals surface area contributed by atoms with E-state index in [1.807, 2.05) is 0 Å². The molecular formula is C19H16F2N2O5S2. The van der Waals surface area contributed by atoms with E-state index in [-0.39, 0.29) is 31.2 Å². The van der Waals surface area contributed by atoms with Crippen molar-refractivity contribution in [3.8, 4) is 0 Å². The number of amides is 1. The molecule has 158 valence electrons. The number of esters is 1. The zero-order chi connectivity index (χ0) is 22.1. The number of rotatable bonds is 5. The summed E-state index contributed by atoms with van der Waals surface area (Å²) in [6, 6.07) is 7.09. The van der Waals surface area contributed by atoms with Gasteiger partial charge in [0.25, 0.3) is 5.91 Å². The van der Waals surface area contributed by atoms with Gasteiger partial charge < -0.3 is 9.30 Å². The van der Waals surface area contributed by atoms with Crippen molar-refractivity contribution in [3.63, 3.8) is 0 Å². The summed E-state index contributed by atoms with van der Waals surface area (Å²) in [7, 11) is -2.39. The van der Waals surface area contributed by atoms with Gasteiger partial charge in [-0.05, 0) is 24.3 Å². The lowest BCUT2D eigenvalue weighted by atomic mass is 10.2. The van der Waals surface area contributed by atoms with Gasteiger partial charge in [-0.15, -0.1) is 0 Å². The van der Waals surface area contributed by atoms with Crippen LogP contribution in [0.3, 0.4) is 0 Å². The molecule has 0 atom stereocenters. The number of halogens is 2. The van der Waals surface area contributed by atoms with Crippen LogP contribution in [-0.4, -0.2) is 37.7 Å². The predicted molar refractivity (Wildman–Crippen MR) is 106 cm³/mol.